The summed E-state index contributed by atoms with van der Waals surface area (Å²) in [4.78, 5) is 37.6. The third-order valence-corrected chi connectivity index (χ3v) is 1.78. The van der Waals surface area contributed by atoms with Crippen LogP contribution in [0.1, 0.15) is 0 Å². The summed E-state index contributed by atoms with van der Waals surface area (Å²) in [7, 11) is 0. The fourth-order valence-electron chi connectivity index (χ4n) is 0.298. The van der Waals surface area contributed by atoms with E-state index in [-0.39, 0.29) is 34.1 Å². The molecule has 2 radical (unpaired) electrons. The quantitative estimate of drug-likeness (QED) is 0.133. The van der Waals surface area contributed by atoms with Crippen LogP contribution in [-0.4, -0.2) is 116 Å². The Bertz CT molecular complexity index is 370. The summed E-state index contributed by atoms with van der Waals surface area (Å²) < 4.78 is 0. The molecule has 18 heteroatoms. The molecule has 0 amide bonds. The van der Waals surface area contributed by atoms with Gasteiger partial charge < -0.3 is 80.5 Å². The minimum absolute atomic E-state index is 0. The van der Waals surface area contributed by atoms with Gasteiger partial charge in [0.05, 0.1) is 50.3 Å². The number of hydrogen-bond donors (Lipinski definition) is 8. The topological polar surface area (TPSA) is 322 Å². The van der Waals surface area contributed by atoms with E-state index in [0.717, 1.165) is 0 Å². The molecule has 0 aromatic heterocycles. The standard InChI is InChI=1S/4C3H6O4.Cu.Mn/c4*4-1-2(5)3(6)7;;/h4*2,4-5H,1H2,(H,6,7);;/q;;;;2*+2/p-4. The number of aliphatic hydroxyl groups is 8. The van der Waals surface area contributed by atoms with Gasteiger partial charge in [0.25, 0.3) is 0 Å². The first-order chi connectivity index (χ1) is 12.7. The zero-order chi connectivity index (χ0) is 23.4. The first-order valence-electron chi connectivity index (χ1n) is 6.72. The van der Waals surface area contributed by atoms with Crippen molar-refractivity contribution in [2.24, 2.45) is 0 Å². The largest absolute Gasteiger partial charge is 2.00 e. The Morgan fingerprint density at radius 1 is 0.500 bits per heavy atom. The first-order valence-corrected chi connectivity index (χ1v) is 6.72. The van der Waals surface area contributed by atoms with E-state index in [2.05, 4.69) is 0 Å². The van der Waals surface area contributed by atoms with E-state index in [1.807, 2.05) is 0 Å². The van der Waals surface area contributed by atoms with Gasteiger partial charge in [-0.3, -0.25) is 0 Å². The summed E-state index contributed by atoms with van der Waals surface area (Å²) >= 11 is 0. The molecule has 0 heterocycles. The van der Waals surface area contributed by atoms with E-state index < -0.39 is 74.7 Å². The van der Waals surface area contributed by atoms with Gasteiger partial charge in [0.15, 0.2) is 0 Å². The zero-order valence-corrected chi connectivity index (χ0v) is 16.8. The number of aliphatic carboxylic acids is 4. The van der Waals surface area contributed by atoms with Gasteiger partial charge in [-0.1, -0.05) is 0 Å². The number of aliphatic hydroxyl groups excluding tert-OH is 8. The average molecular weight is 539 g/mol. The summed E-state index contributed by atoms with van der Waals surface area (Å²) in [5.41, 5.74) is 0. The van der Waals surface area contributed by atoms with Crippen LogP contribution in [0.25, 0.3) is 0 Å². The Morgan fingerprint density at radius 3 is 0.600 bits per heavy atom. The predicted octanol–water partition coefficient (Wildman–Crippen LogP) is -11.6. The van der Waals surface area contributed by atoms with E-state index >= 15 is 0 Å². The Balaban J connectivity index is -0.0000000626. The average Bonchev–Trinajstić information content (AvgIpc) is 2.66. The second-order valence-corrected chi connectivity index (χ2v) is 4.07. The number of hydrogen-bond acceptors (Lipinski definition) is 16. The van der Waals surface area contributed by atoms with Gasteiger partial charge >= 0.3 is 34.1 Å². The van der Waals surface area contributed by atoms with Crippen LogP contribution in [0.5, 0.6) is 0 Å². The van der Waals surface area contributed by atoms with E-state index in [4.69, 9.17) is 40.9 Å². The van der Waals surface area contributed by atoms with Crippen LogP contribution < -0.4 is 20.4 Å². The minimum Gasteiger partial charge on any atom is -0.547 e. The third kappa shape index (κ3) is 34.1. The summed E-state index contributed by atoms with van der Waals surface area (Å²) in [6, 6.07) is 0. The first kappa shape index (κ1) is 42.7. The molecular weight excluding hydrogens is 519 g/mol. The van der Waals surface area contributed by atoms with Crippen LogP contribution >= 0.6 is 0 Å². The maximum atomic E-state index is 9.41. The second-order valence-electron chi connectivity index (χ2n) is 4.07. The molecule has 0 aliphatic heterocycles. The van der Waals surface area contributed by atoms with Crippen molar-refractivity contribution in [1.82, 2.24) is 0 Å². The van der Waals surface area contributed by atoms with Crippen LogP contribution in [0.2, 0.25) is 0 Å². The molecule has 16 nitrogen and oxygen atoms in total. The van der Waals surface area contributed by atoms with Gasteiger partial charge in [-0.15, -0.1) is 0 Å². The summed E-state index contributed by atoms with van der Waals surface area (Å²) in [5, 5.41) is 101. The van der Waals surface area contributed by atoms with E-state index in [9.17, 15) is 39.6 Å². The SMILES string of the molecule is O=C([O-])C(O)CO.O=C([O-])C(O)CO.O=C([O-])C(O)CO.O=C([O-])C(O)CO.[Cu+2].[Mn+2]. The van der Waals surface area contributed by atoms with Crippen molar-refractivity contribution in [2.75, 3.05) is 26.4 Å². The fraction of sp³-hybridized carbons (Fsp3) is 0.667. The monoisotopic (exact) mass is 538 g/mol. The molecule has 4 atom stereocenters. The summed E-state index contributed by atoms with van der Waals surface area (Å²) in [5.74, 6) is -6.60. The van der Waals surface area contributed by atoms with Gasteiger partial charge in [0, 0.05) is 0 Å². The van der Waals surface area contributed by atoms with Crippen LogP contribution in [0, 0.1) is 0 Å². The molecule has 0 fully saturated rings. The van der Waals surface area contributed by atoms with Crippen LogP contribution in [0.15, 0.2) is 0 Å². The van der Waals surface area contributed by atoms with Gasteiger partial charge in [-0.2, -0.15) is 0 Å². The normalized spacial score (nSPS) is 12.5. The number of rotatable bonds is 8. The van der Waals surface area contributed by atoms with Crippen molar-refractivity contribution in [3.63, 3.8) is 0 Å². The van der Waals surface area contributed by atoms with Gasteiger partial charge in [0.2, 0.25) is 0 Å². The molecule has 0 rings (SSSR count). The van der Waals surface area contributed by atoms with Crippen molar-refractivity contribution in [1.29, 1.82) is 0 Å². The van der Waals surface area contributed by atoms with Crippen molar-refractivity contribution in [2.45, 2.75) is 24.4 Å². The maximum Gasteiger partial charge on any atom is 2.00 e. The second kappa shape index (κ2) is 27.6. The molecule has 0 aromatic rings. The van der Waals surface area contributed by atoms with Crippen molar-refractivity contribution < 1.29 is 115 Å². The Labute approximate surface area is 189 Å². The van der Waals surface area contributed by atoms with E-state index in [0.29, 0.717) is 0 Å². The molecule has 30 heavy (non-hydrogen) atoms. The number of carboxylic acids is 4. The van der Waals surface area contributed by atoms with Crippen molar-refractivity contribution >= 4 is 23.9 Å². The summed E-state index contributed by atoms with van der Waals surface area (Å²) in [6.45, 7) is -3.16. The zero-order valence-electron chi connectivity index (χ0n) is 14.7. The minimum atomic E-state index is -1.74. The van der Waals surface area contributed by atoms with Crippen LogP contribution in [-0.2, 0) is 53.3 Å². The number of carbonyl (C=O) groups is 4. The molecule has 182 valence electrons. The summed E-state index contributed by atoms with van der Waals surface area (Å²) in [6.07, 6.45) is -6.94. The van der Waals surface area contributed by atoms with Gasteiger partial charge in [0.1, 0.15) is 24.4 Å². The number of carboxylic acid groups (broad SMARTS) is 4. The van der Waals surface area contributed by atoms with Crippen LogP contribution in [0.4, 0.5) is 0 Å². The molecule has 0 saturated carbocycles. The predicted molar refractivity (Wildman–Crippen MR) is 72.4 cm³/mol. The van der Waals surface area contributed by atoms with Crippen LogP contribution in [0.3, 0.4) is 0 Å². The maximum absolute atomic E-state index is 9.41. The van der Waals surface area contributed by atoms with Crippen molar-refractivity contribution in [3.8, 4) is 0 Å². The smallest absolute Gasteiger partial charge is 0.547 e. The van der Waals surface area contributed by atoms with Crippen molar-refractivity contribution in [3.05, 3.63) is 0 Å². The Hall–Kier alpha value is -1.40. The third-order valence-electron chi connectivity index (χ3n) is 1.78. The molecular formula is C12H20CuMnO16. The Morgan fingerprint density at radius 2 is 0.600 bits per heavy atom. The van der Waals surface area contributed by atoms with Gasteiger partial charge in [-0.05, 0) is 0 Å². The molecule has 0 aliphatic rings. The van der Waals surface area contributed by atoms with E-state index in [1.165, 1.54) is 0 Å². The molecule has 4 unspecified atom stereocenters. The molecule has 8 N–H and O–H groups in total. The molecule has 0 bridgehead atoms. The molecule has 0 saturated heterocycles. The Kier molecular flexibility index (Phi) is 39.2. The molecule has 0 aliphatic carbocycles. The van der Waals surface area contributed by atoms with Gasteiger partial charge in [-0.25, -0.2) is 0 Å². The van der Waals surface area contributed by atoms with E-state index in [1.54, 1.807) is 0 Å². The molecule has 0 aromatic carbocycles. The fourth-order valence-corrected chi connectivity index (χ4v) is 0.298. The molecule has 0 spiro atoms. The number of carbonyl (C=O) groups excluding carboxylic acids is 4.